The Morgan fingerprint density at radius 3 is 3.05 bits per heavy atom. The molecular formula is C15H19ClN2O2. The monoisotopic (exact) mass is 294 g/mol. The molecule has 5 heteroatoms. The number of nitrogens with two attached hydrogens (primary N) is 1. The largest absolute Gasteiger partial charge is 0.376 e. The molecule has 0 aromatic heterocycles. The van der Waals surface area contributed by atoms with Crippen molar-refractivity contribution >= 4 is 17.5 Å². The number of aryl methyl sites for hydroxylation is 1. The summed E-state index contributed by atoms with van der Waals surface area (Å²) in [4.78, 5) is 12.3. The number of halogens is 1. The van der Waals surface area contributed by atoms with Gasteiger partial charge in [-0.1, -0.05) is 17.7 Å². The zero-order valence-corrected chi connectivity index (χ0v) is 12.2. The smallest absolute Gasteiger partial charge is 0.251 e. The maximum Gasteiger partial charge on any atom is 0.251 e. The molecule has 1 aliphatic carbocycles. The standard InChI is InChI=1S/C15H19ClN2O2/c1-8-4-5-9(7-11(8)16)15(19)18-13-12(17)10-3-2-6-20-14(10)13/h4-5,7,10,12-14H,2-3,6,17H2,1H3,(H,18,19). The first-order chi connectivity index (χ1) is 9.58. The molecule has 1 saturated heterocycles. The van der Waals surface area contributed by atoms with E-state index in [4.69, 9.17) is 22.1 Å². The van der Waals surface area contributed by atoms with Crippen LogP contribution in [-0.2, 0) is 4.74 Å². The maximum atomic E-state index is 12.3. The lowest BCUT2D eigenvalue weighted by atomic mass is 9.68. The molecule has 1 aliphatic heterocycles. The fourth-order valence-corrected chi connectivity index (χ4v) is 3.28. The molecule has 3 N–H and O–H groups in total. The van der Waals surface area contributed by atoms with Crippen molar-refractivity contribution in [1.29, 1.82) is 0 Å². The lowest BCUT2D eigenvalue weighted by Gasteiger charge is -2.52. The Labute approximate surface area is 123 Å². The van der Waals surface area contributed by atoms with E-state index in [2.05, 4.69) is 5.32 Å². The van der Waals surface area contributed by atoms with Crippen molar-refractivity contribution in [2.75, 3.05) is 6.61 Å². The van der Waals surface area contributed by atoms with E-state index in [0.29, 0.717) is 16.5 Å². The summed E-state index contributed by atoms with van der Waals surface area (Å²) in [7, 11) is 0. The third-order valence-corrected chi connectivity index (χ3v) is 4.82. The second kappa shape index (κ2) is 5.35. The van der Waals surface area contributed by atoms with Crippen molar-refractivity contribution < 1.29 is 9.53 Å². The summed E-state index contributed by atoms with van der Waals surface area (Å²) in [5.74, 6) is 0.246. The molecule has 0 bridgehead atoms. The van der Waals surface area contributed by atoms with Crippen molar-refractivity contribution in [3.8, 4) is 0 Å². The molecule has 2 fully saturated rings. The Bertz CT molecular complexity index is 535. The summed E-state index contributed by atoms with van der Waals surface area (Å²) in [6.45, 7) is 2.67. The second-order valence-electron chi connectivity index (χ2n) is 5.68. The van der Waals surface area contributed by atoms with Gasteiger partial charge in [0.2, 0.25) is 0 Å². The first-order valence-electron chi connectivity index (χ1n) is 7.02. The zero-order chi connectivity index (χ0) is 14.3. The quantitative estimate of drug-likeness (QED) is 0.875. The molecule has 0 radical (unpaired) electrons. The van der Waals surface area contributed by atoms with Crippen LogP contribution in [0.15, 0.2) is 18.2 Å². The lowest BCUT2D eigenvalue weighted by Crippen LogP contribution is -2.72. The first kappa shape index (κ1) is 13.9. The number of carbonyl (C=O) groups excluding carboxylic acids is 1. The molecule has 1 amide bonds. The lowest BCUT2D eigenvalue weighted by molar-refractivity contribution is -0.117. The number of rotatable bonds is 2. The van der Waals surface area contributed by atoms with Crippen molar-refractivity contribution in [2.45, 2.75) is 38.0 Å². The molecule has 4 unspecified atom stereocenters. The van der Waals surface area contributed by atoms with Crippen LogP contribution >= 0.6 is 11.6 Å². The minimum absolute atomic E-state index is 0.00910. The SMILES string of the molecule is Cc1ccc(C(=O)NC2C(N)C3CCCOC32)cc1Cl. The highest BCUT2D eigenvalue weighted by molar-refractivity contribution is 6.31. The summed E-state index contributed by atoms with van der Waals surface area (Å²) >= 11 is 6.05. The van der Waals surface area contributed by atoms with E-state index >= 15 is 0 Å². The number of ether oxygens (including phenoxy) is 1. The van der Waals surface area contributed by atoms with E-state index in [-0.39, 0.29) is 24.1 Å². The van der Waals surface area contributed by atoms with Gasteiger partial charge in [0.25, 0.3) is 5.91 Å². The number of nitrogens with one attached hydrogen (secondary N) is 1. The van der Waals surface area contributed by atoms with Crippen LogP contribution in [0.1, 0.15) is 28.8 Å². The topological polar surface area (TPSA) is 64.4 Å². The number of hydrogen-bond donors (Lipinski definition) is 2. The Balaban J connectivity index is 1.68. The second-order valence-corrected chi connectivity index (χ2v) is 6.09. The molecule has 3 rings (SSSR count). The Morgan fingerprint density at radius 2 is 2.30 bits per heavy atom. The van der Waals surface area contributed by atoms with Gasteiger partial charge in [0, 0.05) is 29.2 Å². The minimum atomic E-state index is -0.139. The highest BCUT2D eigenvalue weighted by atomic mass is 35.5. The van der Waals surface area contributed by atoms with Crippen molar-refractivity contribution in [3.05, 3.63) is 34.3 Å². The highest BCUT2D eigenvalue weighted by Gasteiger charge is 2.51. The number of fused-ring (bicyclic) bond motifs is 1. The van der Waals surface area contributed by atoms with Gasteiger partial charge in [0.05, 0.1) is 12.1 Å². The van der Waals surface area contributed by atoms with E-state index < -0.39 is 0 Å². The van der Waals surface area contributed by atoms with E-state index in [1.54, 1.807) is 12.1 Å². The number of carbonyl (C=O) groups is 1. The molecule has 1 heterocycles. The fraction of sp³-hybridized carbons (Fsp3) is 0.533. The average molecular weight is 295 g/mol. The first-order valence-corrected chi connectivity index (χ1v) is 7.40. The van der Waals surface area contributed by atoms with Crippen LogP contribution < -0.4 is 11.1 Å². The van der Waals surface area contributed by atoms with Gasteiger partial charge in [-0.2, -0.15) is 0 Å². The van der Waals surface area contributed by atoms with Crippen LogP contribution in [0.2, 0.25) is 5.02 Å². The van der Waals surface area contributed by atoms with Crippen molar-refractivity contribution in [2.24, 2.45) is 11.7 Å². The third kappa shape index (κ3) is 2.32. The molecule has 4 nitrogen and oxygen atoms in total. The third-order valence-electron chi connectivity index (χ3n) is 4.41. The molecule has 4 atom stereocenters. The predicted molar refractivity (Wildman–Crippen MR) is 77.9 cm³/mol. The molecule has 1 aromatic rings. The molecule has 1 aromatic carbocycles. The van der Waals surface area contributed by atoms with Crippen LogP contribution in [-0.4, -0.2) is 30.7 Å². The van der Waals surface area contributed by atoms with Crippen LogP contribution in [0.3, 0.4) is 0 Å². The Kier molecular flexibility index (Phi) is 3.71. The molecule has 2 aliphatic rings. The normalized spacial score (nSPS) is 32.1. The summed E-state index contributed by atoms with van der Waals surface area (Å²) in [5, 5.41) is 3.58. The molecule has 1 saturated carbocycles. The van der Waals surface area contributed by atoms with E-state index in [1.807, 2.05) is 13.0 Å². The highest BCUT2D eigenvalue weighted by Crippen LogP contribution is 2.37. The fourth-order valence-electron chi connectivity index (χ4n) is 3.09. The number of benzene rings is 1. The van der Waals surface area contributed by atoms with Crippen LogP contribution in [0.4, 0.5) is 0 Å². The van der Waals surface area contributed by atoms with Crippen molar-refractivity contribution in [1.82, 2.24) is 5.32 Å². The Hall–Kier alpha value is -1.10. The maximum absolute atomic E-state index is 12.3. The minimum Gasteiger partial charge on any atom is -0.376 e. The van der Waals surface area contributed by atoms with Gasteiger partial charge in [-0.15, -0.1) is 0 Å². The van der Waals surface area contributed by atoms with Gasteiger partial charge < -0.3 is 15.8 Å². The summed E-state index contributed by atoms with van der Waals surface area (Å²) in [5.41, 5.74) is 7.66. The van der Waals surface area contributed by atoms with E-state index in [0.717, 1.165) is 25.0 Å². The van der Waals surface area contributed by atoms with E-state index in [1.165, 1.54) is 0 Å². The average Bonchev–Trinajstić information content (AvgIpc) is 2.47. The van der Waals surface area contributed by atoms with Gasteiger partial charge in [-0.05, 0) is 37.5 Å². The number of hydrogen-bond acceptors (Lipinski definition) is 3. The zero-order valence-electron chi connectivity index (χ0n) is 11.4. The van der Waals surface area contributed by atoms with Crippen LogP contribution in [0.5, 0.6) is 0 Å². The van der Waals surface area contributed by atoms with Crippen LogP contribution in [0.25, 0.3) is 0 Å². The Morgan fingerprint density at radius 1 is 1.50 bits per heavy atom. The van der Waals surface area contributed by atoms with Crippen molar-refractivity contribution in [3.63, 3.8) is 0 Å². The van der Waals surface area contributed by atoms with Crippen LogP contribution in [0, 0.1) is 12.8 Å². The molecule has 0 spiro atoms. The summed E-state index contributed by atoms with van der Waals surface area (Å²) < 4.78 is 5.72. The number of amides is 1. The summed E-state index contributed by atoms with van der Waals surface area (Å²) in [6.07, 6.45) is 2.22. The molecule has 20 heavy (non-hydrogen) atoms. The summed E-state index contributed by atoms with van der Waals surface area (Å²) in [6, 6.07) is 5.21. The van der Waals surface area contributed by atoms with Gasteiger partial charge in [-0.25, -0.2) is 0 Å². The van der Waals surface area contributed by atoms with Gasteiger partial charge in [0.1, 0.15) is 0 Å². The molecule has 108 valence electrons. The van der Waals surface area contributed by atoms with E-state index in [9.17, 15) is 4.79 Å². The van der Waals surface area contributed by atoms with Gasteiger partial charge in [-0.3, -0.25) is 4.79 Å². The predicted octanol–water partition coefficient (Wildman–Crippen LogP) is 1.88. The molecular weight excluding hydrogens is 276 g/mol. The van der Waals surface area contributed by atoms with Gasteiger partial charge in [0.15, 0.2) is 0 Å². The van der Waals surface area contributed by atoms with Gasteiger partial charge >= 0.3 is 0 Å².